The molecule has 0 saturated heterocycles. The molecule has 0 heterocycles. The highest BCUT2D eigenvalue weighted by Crippen LogP contribution is 2.21. The minimum atomic E-state index is -0.989. The minimum absolute atomic E-state index is 0.636. The summed E-state index contributed by atoms with van der Waals surface area (Å²) in [6.07, 6.45) is -0.932. The van der Waals surface area contributed by atoms with E-state index < -0.39 is 18.0 Å². The molecule has 3 nitrogen and oxygen atoms in total. The average molecular weight is 180 g/mol. The van der Waals surface area contributed by atoms with Gasteiger partial charge >= 0.3 is 5.97 Å². The van der Waals surface area contributed by atoms with E-state index in [1.807, 2.05) is 6.07 Å². The first kappa shape index (κ1) is 9.74. The Hall–Kier alpha value is -1.35. The molecule has 0 radical (unpaired) electrons. The van der Waals surface area contributed by atoms with Crippen molar-refractivity contribution in [2.24, 2.45) is 5.92 Å². The van der Waals surface area contributed by atoms with E-state index in [0.717, 1.165) is 0 Å². The first-order valence-electron chi connectivity index (χ1n) is 4.08. The van der Waals surface area contributed by atoms with Crippen molar-refractivity contribution in [3.05, 3.63) is 35.9 Å². The molecule has 3 heteroatoms. The molecule has 0 saturated carbocycles. The van der Waals surface area contributed by atoms with E-state index in [1.165, 1.54) is 6.92 Å². The summed E-state index contributed by atoms with van der Waals surface area (Å²) in [5.74, 6) is -1.77. The molecule has 1 aromatic carbocycles. The summed E-state index contributed by atoms with van der Waals surface area (Å²) in [6.45, 7) is 1.49. The van der Waals surface area contributed by atoms with Crippen LogP contribution >= 0.6 is 0 Å². The average Bonchev–Trinajstić information content (AvgIpc) is 2.17. The highest BCUT2D eigenvalue weighted by atomic mass is 16.4. The van der Waals surface area contributed by atoms with Crippen molar-refractivity contribution in [3.63, 3.8) is 0 Å². The van der Waals surface area contributed by atoms with Crippen LogP contribution in [0.4, 0.5) is 0 Å². The Labute approximate surface area is 76.6 Å². The SMILES string of the molecule is C[C@@H](C(=O)O)[C@@H](O)c1ccccc1. The first-order chi connectivity index (χ1) is 6.13. The van der Waals surface area contributed by atoms with Gasteiger partial charge in [0.15, 0.2) is 0 Å². The van der Waals surface area contributed by atoms with Gasteiger partial charge in [0.1, 0.15) is 0 Å². The molecular formula is C10H12O3. The zero-order chi connectivity index (χ0) is 9.84. The van der Waals surface area contributed by atoms with Gasteiger partial charge in [0.05, 0.1) is 12.0 Å². The molecule has 13 heavy (non-hydrogen) atoms. The Balaban J connectivity index is 2.79. The van der Waals surface area contributed by atoms with Crippen LogP contribution in [-0.4, -0.2) is 16.2 Å². The van der Waals surface area contributed by atoms with Crippen molar-refractivity contribution in [2.45, 2.75) is 13.0 Å². The van der Waals surface area contributed by atoms with Gasteiger partial charge in [-0.3, -0.25) is 4.79 Å². The largest absolute Gasteiger partial charge is 0.481 e. The number of carboxylic acid groups (broad SMARTS) is 1. The van der Waals surface area contributed by atoms with Crippen LogP contribution in [0.5, 0.6) is 0 Å². The zero-order valence-electron chi connectivity index (χ0n) is 7.34. The lowest BCUT2D eigenvalue weighted by molar-refractivity contribution is -0.145. The summed E-state index contributed by atoms with van der Waals surface area (Å²) in [6, 6.07) is 8.79. The number of rotatable bonds is 3. The Morgan fingerprint density at radius 3 is 2.31 bits per heavy atom. The van der Waals surface area contributed by atoms with Gasteiger partial charge in [-0.15, -0.1) is 0 Å². The molecule has 0 spiro atoms. The molecule has 0 aromatic heterocycles. The van der Waals surface area contributed by atoms with E-state index in [1.54, 1.807) is 24.3 Å². The molecule has 0 unspecified atom stereocenters. The minimum Gasteiger partial charge on any atom is -0.481 e. The molecule has 2 atom stereocenters. The molecule has 0 bridgehead atoms. The Morgan fingerprint density at radius 2 is 1.85 bits per heavy atom. The van der Waals surface area contributed by atoms with E-state index in [9.17, 15) is 9.90 Å². The topological polar surface area (TPSA) is 57.5 Å². The fourth-order valence-electron chi connectivity index (χ4n) is 1.07. The number of aliphatic hydroxyl groups is 1. The van der Waals surface area contributed by atoms with Crippen molar-refractivity contribution >= 4 is 5.97 Å². The maximum Gasteiger partial charge on any atom is 0.309 e. The zero-order valence-corrected chi connectivity index (χ0v) is 7.34. The molecule has 0 amide bonds. The summed E-state index contributed by atoms with van der Waals surface area (Å²) in [5, 5.41) is 18.2. The van der Waals surface area contributed by atoms with E-state index in [4.69, 9.17) is 5.11 Å². The monoisotopic (exact) mass is 180 g/mol. The molecule has 2 N–H and O–H groups in total. The Morgan fingerprint density at radius 1 is 1.31 bits per heavy atom. The predicted molar refractivity (Wildman–Crippen MR) is 48.2 cm³/mol. The highest BCUT2D eigenvalue weighted by Gasteiger charge is 2.22. The van der Waals surface area contributed by atoms with Gasteiger partial charge in [-0.25, -0.2) is 0 Å². The molecule has 0 aliphatic heterocycles. The summed E-state index contributed by atoms with van der Waals surface area (Å²) in [4.78, 5) is 10.6. The van der Waals surface area contributed by atoms with Crippen LogP contribution in [0.2, 0.25) is 0 Å². The van der Waals surface area contributed by atoms with Crippen molar-refractivity contribution < 1.29 is 15.0 Å². The van der Waals surface area contributed by atoms with Crippen LogP contribution in [0.15, 0.2) is 30.3 Å². The number of carboxylic acids is 1. The lowest BCUT2D eigenvalue weighted by atomic mass is 9.98. The molecule has 70 valence electrons. The fourth-order valence-corrected chi connectivity index (χ4v) is 1.07. The van der Waals surface area contributed by atoms with E-state index in [-0.39, 0.29) is 0 Å². The molecule has 1 aromatic rings. The van der Waals surface area contributed by atoms with Gasteiger partial charge in [0, 0.05) is 0 Å². The molecule has 0 aliphatic rings. The van der Waals surface area contributed by atoms with Gasteiger partial charge in [0.25, 0.3) is 0 Å². The third kappa shape index (κ3) is 2.29. The summed E-state index contributed by atoms with van der Waals surface area (Å²) >= 11 is 0. The number of hydrogen-bond donors (Lipinski definition) is 2. The van der Waals surface area contributed by atoms with Crippen molar-refractivity contribution in [3.8, 4) is 0 Å². The van der Waals surface area contributed by atoms with Crippen LogP contribution in [-0.2, 0) is 4.79 Å². The van der Waals surface area contributed by atoms with Crippen molar-refractivity contribution in [1.82, 2.24) is 0 Å². The van der Waals surface area contributed by atoms with Crippen LogP contribution in [0.25, 0.3) is 0 Å². The first-order valence-corrected chi connectivity index (χ1v) is 4.08. The van der Waals surface area contributed by atoms with E-state index in [2.05, 4.69) is 0 Å². The molecule has 0 aliphatic carbocycles. The lowest BCUT2D eigenvalue weighted by Gasteiger charge is -2.14. The Kier molecular flexibility index (Phi) is 3.03. The maximum absolute atomic E-state index is 10.6. The highest BCUT2D eigenvalue weighted by molar-refractivity contribution is 5.70. The molecular weight excluding hydrogens is 168 g/mol. The van der Waals surface area contributed by atoms with Crippen LogP contribution in [0, 0.1) is 5.92 Å². The van der Waals surface area contributed by atoms with Crippen LogP contribution in [0.1, 0.15) is 18.6 Å². The third-order valence-corrected chi connectivity index (χ3v) is 2.00. The summed E-state index contributed by atoms with van der Waals surface area (Å²) in [5.41, 5.74) is 0.636. The summed E-state index contributed by atoms with van der Waals surface area (Å²) < 4.78 is 0. The number of hydrogen-bond acceptors (Lipinski definition) is 2. The Bertz CT molecular complexity index is 281. The van der Waals surface area contributed by atoms with Crippen LogP contribution < -0.4 is 0 Å². The van der Waals surface area contributed by atoms with E-state index in [0.29, 0.717) is 5.56 Å². The van der Waals surface area contributed by atoms with Gasteiger partial charge in [0.2, 0.25) is 0 Å². The predicted octanol–water partition coefficient (Wildman–Crippen LogP) is 1.44. The van der Waals surface area contributed by atoms with Crippen LogP contribution in [0.3, 0.4) is 0 Å². The number of aliphatic carboxylic acids is 1. The van der Waals surface area contributed by atoms with E-state index >= 15 is 0 Å². The standard InChI is InChI=1S/C10H12O3/c1-7(10(12)13)9(11)8-5-3-2-4-6-8/h2-7,9,11H,1H3,(H,12,13)/t7-,9-/m1/s1. The molecule has 1 rings (SSSR count). The summed E-state index contributed by atoms with van der Waals surface area (Å²) in [7, 11) is 0. The molecule has 0 fully saturated rings. The lowest BCUT2D eigenvalue weighted by Crippen LogP contribution is -2.18. The van der Waals surface area contributed by atoms with Crippen molar-refractivity contribution in [2.75, 3.05) is 0 Å². The second kappa shape index (κ2) is 4.05. The van der Waals surface area contributed by atoms with Gasteiger partial charge < -0.3 is 10.2 Å². The number of aliphatic hydroxyl groups excluding tert-OH is 1. The van der Waals surface area contributed by atoms with Gasteiger partial charge in [-0.2, -0.15) is 0 Å². The normalized spacial score (nSPS) is 14.9. The van der Waals surface area contributed by atoms with Crippen molar-refractivity contribution in [1.29, 1.82) is 0 Å². The number of benzene rings is 1. The smallest absolute Gasteiger partial charge is 0.309 e. The van der Waals surface area contributed by atoms with Gasteiger partial charge in [-0.05, 0) is 12.5 Å². The fraction of sp³-hybridized carbons (Fsp3) is 0.300. The van der Waals surface area contributed by atoms with Gasteiger partial charge in [-0.1, -0.05) is 30.3 Å². The number of carbonyl (C=O) groups is 1. The quantitative estimate of drug-likeness (QED) is 0.740. The third-order valence-electron chi connectivity index (χ3n) is 2.00. The second-order valence-corrected chi connectivity index (χ2v) is 2.98. The second-order valence-electron chi connectivity index (χ2n) is 2.98. The maximum atomic E-state index is 10.6.